The molecular weight excluding hydrogens is 412 g/mol. The van der Waals surface area contributed by atoms with Gasteiger partial charge in [0.1, 0.15) is 0 Å². The third-order valence-corrected chi connectivity index (χ3v) is 5.77. The average molecular weight is 433 g/mol. The minimum absolute atomic E-state index is 0.0811. The van der Waals surface area contributed by atoms with E-state index in [2.05, 4.69) is 15.3 Å². The fourth-order valence-corrected chi connectivity index (χ4v) is 4.18. The van der Waals surface area contributed by atoms with Gasteiger partial charge in [0, 0.05) is 24.6 Å². The van der Waals surface area contributed by atoms with E-state index in [0.29, 0.717) is 39.2 Å². The van der Waals surface area contributed by atoms with Gasteiger partial charge in [0.2, 0.25) is 5.91 Å². The van der Waals surface area contributed by atoms with Gasteiger partial charge in [-0.15, -0.1) is 11.3 Å². The Morgan fingerprint density at radius 1 is 1.28 bits per heavy atom. The summed E-state index contributed by atoms with van der Waals surface area (Å²) in [5.41, 5.74) is 1.09. The van der Waals surface area contributed by atoms with Crippen molar-refractivity contribution >= 4 is 51.0 Å². The van der Waals surface area contributed by atoms with Crippen LogP contribution in [-0.4, -0.2) is 38.8 Å². The maximum Gasteiger partial charge on any atom is 0.311 e. The topological polar surface area (TPSA) is 103 Å². The molecule has 0 aliphatic heterocycles. The summed E-state index contributed by atoms with van der Waals surface area (Å²) in [7, 11) is 1.67. The van der Waals surface area contributed by atoms with Crippen LogP contribution >= 0.6 is 23.1 Å². The third kappa shape index (κ3) is 5.42. The molecule has 0 atom stereocenters. The standard InChI is InChI=1S/C19H20N4O4S2/c1-3-27-16(25)10-12-11-29-18(20-12)22-15(24)8-9-28-19-21-14-7-5-4-6-13(14)17(26)23(19)2/h4-7,11H,3,8-10H2,1-2H3,(H,20,22,24). The Labute approximate surface area is 175 Å². The Hall–Kier alpha value is -2.72. The number of amides is 1. The van der Waals surface area contributed by atoms with Crippen molar-refractivity contribution in [2.75, 3.05) is 17.7 Å². The molecule has 3 rings (SSSR count). The van der Waals surface area contributed by atoms with Gasteiger partial charge in [-0.3, -0.25) is 19.0 Å². The van der Waals surface area contributed by atoms with Gasteiger partial charge in [-0.2, -0.15) is 0 Å². The second-order valence-electron chi connectivity index (χ2n) is 6.05. The summed E-state index contributed by atoms with van der Waals surface area (Å²) in [6, 6.07) is 7.18. The van der Waals surface area contributed by atoms with Crippen molar-refractivity contribution in [2.45, 2.75) is 24.9 Å². The first-order chi connectivity index (χ1) is 14.0. The van der Waals surface area contributed by atoms with Crippen LogP contribution in [-0.2, 0) is 27.8 Å². The maximum atomic E-state index is 12.4. The summed E-state index contributed by atoms with van der Waals surface area (Å²) < 4.78 is 6.37. The molecule has 0 aliphatic rings. The van der Waals surface area contributed by atoms with Crippen LogP contribution in [0.2, 0.25) is 0 Å². The van der Waals surface area contributed by atoms with Crippen molar-refractivity contribution in [3.05, 3.63) is 45.7 Å². The monoisotopic (exact) mass is 432 g/mol. The lowest BCUT2D eigenvalue weighted by Gasteiger charge is -2.08. The summed E-state index contributed by atoms with van der Waals surface area (Å²) in [6.45, 7) is 2.07. The molecule has 0 spiro atoms. The van der Waals surface area contributed by atoms with E-state index in [9.17, 15) is 14.4 Å². The van der Waals surface area contributed by atoms with Gasteiger partial charge < -0.3 is 10.1 Å². The third-order valence-electron chi connectivity index (χ3n) is 3.93. The lowest BCUT2D eigenvalue weighted by atomic mass is 10.2. The number of hydrogen-bond donors (Lipinski definition) is 1. The molecule has 152 valence electrons. The number of nitrogens with one attached hydrogen (secondary N) is 1. The Kier molecular flexibility index (Phi) is 6.99. The summed E-state index contributed by atoms with van der Waals surface area (Å²) in [5.74, 6) is -0.0770. The fraction of sp³-hybridized carbons (Fsp3) is 0.316. The van der Waals surface area contributed by atoms with E-state index in [1.54, 1.807) is 37.6 Å². The predicted octanol–water partition coefficient (Wildman–Crippen LogP) is 2.62. The molecule has 1 aromatic carbocycles. The SMILES string of the molecule is CCOC(=O)Cc1csc(NC(=O)CCSc2nc3ccccc3c(=O)n2C)n1. The molecule has 0 saturated heterocycles. The summed E-state index contributed by atoms with van der Waals surface area (Å²) in [4.78, 5) is 44.8. The van der Waals surface area contributed by atoms with Crippen molar-refractivity contribution in [1.29, 1.82) is 0 Å². The first-order valence-electron chi connectivity index (χ1n) is 8.96. The number of thioether (sulfide) groups is 1. The van der Waals surface area contributed by atoms with Crippen LogP contribution in [0.4, 0.5) is 5.13 Å². The molecule has 0 aliphatic carbocycles. The number of carbonyl (C=O) groups excluding carboxylic acids is 2. The average Bonchev–Trinajstić information content (AvgIpc) is 3.12. The fourth-order valence-electron chi connectivity index (χ4n) is 2.55. The van der Waals surface area contributed by atoms with Crippen LogP contribution in [0.25, 0.3) is 10.9 Å². The minimum Gasteiger partial charge on any atom is -0.466 e. The zero-order chi connectivity index (χ0) is 20.8. The van der Waals surface area contributed by atoms with Crippen LogP contribution in [0, 0.1) is 0 Å². The number of aromatic nitrogens is 3. The summed E-state index contributed by atoms with van der Waals surface area (Å²) in [6.07, 6.45) is 0.317. The van der Waals surface area contributed by atoms with E-state index >= 15 is 0 Å². The molecule has 0 saturated carbocycles. The van der Waals surface area contributed by atoms with E-state index in [0.717, 1.165) is 0 Å². The van der Waals surface area contributed by atoms with E-state index < -0.39 is 0 Å². The number of rotatable bonds is 8. The molecule has 0 fully saturated rings. The summed E-state index contributed by atoms with van der Waals surface area (Å²) in [5, 5.41) is 6.01. The minimum atomic E-state index is -0.347. The largest absolute Gasteiger partial charge is 0.466 e. The number of esters is 1. The van der Waals surface area contributed by atoms with E-state index in [1.165, 1.54) is 27.7 Å². The maximum absolute atomic E-state index is 12.4. The molecular formula is C19H20N4O4S2. The molecule has 2 heterocycles. The van der Waals surface area contributed by atoms with E-state index in [-0.39, 0.29) is 30.3 Å². The van der Waals surface area contributed by atoms with Crippen molar-refractivity contribution in [3.63, 3.8) is 0 Å². The second kappa shape index (κ2) is 9.66. The molecule has 1 amide bonds. The number of carbonyl (C=O) groups is 2. The first kappa shape index (κ1) is 21.0. The first-order valence-corrected chi connectivity index (χ1v) is 10.8. The number of thiazole rings is 1. The highest BCUT2D eigenvalue weighted by atomic mass is 32.2. The number of hydrogen-bond acceptors (Lipinski definition) is 8. The van der Waals surface area contributed by atoms with Crippen molar-refractivity contribution in [2.24, 2.45) is 7.05 Å². The Balaban J connectivity index is 1.54. The Morgan fingerprint density at radius 2 is 2.07 bits per heavy atom. The molecule has 2 aromatic heterocycles. The van der Waals surface area contributed by atoms with Gasteiger partial charge in [-0.05, 0) is 19.1 Å². The number of ether oxygens (including phenoxy) is 1. The van der Waals surface area contributed by atoms with Gasteiger partial charge in [0.25, 0.3) is 5.56 Å². The van der Waals surface area contributed by atoms with Crippen molar-refractivity contribution < 1.29 is 14.3 Å². The van der Waals surface area contributed by atoms with Crippen LogP contribution < -0.4 is 10.9 Å². The quantitative estimate of drug-likeness (QED) is 0.331. The van der Waals surface area contributed by atoms with Crippen LogP contribution in [0.1, 0.15) is 19.0 Å². The zero-order valence-corrected chi connectivity index (χ0v) is 17.6. The van der Waals surface area contributed by atoms with Gasteiger partial charge in [-0.1, -0.05) is 23.9 Å². The van der Waals surface area contributed by atoms with Gasteiger partial charge in [0.15, 0.2) is 10.3 Å². The molecule has 8 nitrogen and oxygen atoms in total. The number of para-hydroxylation sites is 1. The second-order valence-corrected chi connectivity index (χ2v) is 7.97. The van der Waals surface area contributed by atoms with Gasteiger partial charge >= 0.3 is 5.97 Å². The zero-order valence-electron chi connectivity index (χ0n) is 16.0. The van der Waals surface area contributed by atoms with Crippen molar-refractivity contribution in [3.8, 4) is 0 Å². The highest BCUT2D eigenvalue weighted by molar-refractivity contribution is 7.99. The number of benzene rings is 1. The lowest BCUT2D eigenvalue weighted by molar-refractivity contribution is -0.142. The molecule has 0 unspecified atom stereocenters. The Bertz CT molecular complexity index is 1090. The number of nitrogens with zero attached hydrogens (tertiary/aromatic N) is 3. The van der Waals surface area contributed by atoms with Crippen LogP contribution in [0.5, 0.6) is 0 Å². The van der Waals surface area contributed by atoms with Crippen LogP contribution in [0.15, 0.2) is 39.6 Å². The normalized spacial score (nSPS) is 10.8. The molecule has 3 aromatic rings. The number of anilines is 1. The molecule has 29 heavy (non-hydrogen) atoms. The predicted molar refractivity (Wildman–Crippen MR) is 113 cm³/mol. The molecule has 1 N–H and O–H groups in total. The Morgan fingerprint density at radius 3 is 2.86 bits per heavy atom. The molecule has 10 heteroatoms. The van der Waals surface area contributed by atoms with Crippen molar-refractivity contribution in [1.82, 2.24) is 14.5 Å². The number of fused-ring (bicyclic) bond motifs is 1. The summed E-state index contributed by atoms with van der Waals surface area (Å²) >= 11 is 2.61. The lowest BCUT2D eigenvalue weighted by Crippen LogP contribution is -2.20. The van der Waals surface area contributed by atoms with Gasteiger partial charge in [-0.25, -0.2) is 9.97 Å². The van der Waals surface area contributed by atoms with E-state index in [1.807, 2.05) is 6.07 Å². The highest BCUT2D eigenvalue weighted by Gasteiger charge is 2.12. The molecule has 0 bridgehead atoms. The van der Waals surface area contributed by atoms with Crippen LogP contribution in [0.3, 0.4) is 0 Å². The highest BCUT2D eigenvalue weighted by Crippen LogP contribution is 2.19. The van der Waals surface area contributed by atoms with E-state index in [4.69, 9.17) is 4.74 Å². The smallest absolute Gasteiger partial charge is 0.311 e. The molecule has 0 radical (unpaired) electrons. The van der Waals surface area contributed by atoms with Gasteiger partial charge in [0.05, 0.1) is 29.6 Å².